The molecule has 11 rings (SSSR count). The van der Waals surface area contributed by atoms with E-state index >= 15 is 0 Å². The number of hydrogen-bond acceptors (Lipinski definition) is 4. The van der Waals surface area contributed by atoms with Gasteiger partial charge in [0, 0.05) is 42.1 Å². The first-order chi connectivity index (χ1) is 28.3. The van der Waals surface area contributed by atoms with Gasteiger partial charge in [0.05, 0.1) is 11.0 Å². The van der Waals surface area contributed by atoms with Crippen LogP contribution in [0.15, 0.2) is 206 Å². The molecule has 0 aliphatic carbocycles. The molecule has 3 aromatic heterocycles. The molecule has 0 saturated heterocycles. The van der Waals surface area contributed by atoms with Crippen LogP contribution in [0.1, 0.15) is 0 Å². The van der Waals surface area contributed by atoms with Gasteiger partial charge in [0.2, 0.25) is 5.95 Å². The van der Waals surface area contributed by atoms with Crippen molar-refractivity contribution in [2.24, 2.45) is 0 Å². The highest BCUT2D eigenvalue weighted by Crippen LogP contribution is 2.34. The molecule has 0 fully saturated rings. The third-order valence-electron chi connectivity index (χ3n) is 11.2. The summed E-state index contributed by atoms with van der Waals surface area (Å²) in [6.07, 6.45) is 0. The molecule has 11 aromatic rings. The first kappa shape index (κ1) is 33.4. The quantitative estimate of drug-likeness (QED) is 0.120. The molecule has 4 nitrogen and oxygen atoms in total. The molecule has 0 aliphatic rings. The fourth-order valence-electron chi connectivity index (χ4n) is 8.68. The summed E-state index contributed by atoms with van der Waals surface area (Å²) >= 11 is 1.87. The number of para-hydroxylation sites is 2. The van der Waals surface area contributed by atoms with Crippen molar-refractivity contribution in [2.75, 3.05) is 0 Å². The monoisotopic (exact) mass is 762 g/mol. The largest absolute Gasteiger partial charge is 0.278 e. The van der Waals surface area contributed by atoms with Crippen molar-refractivity contribution in [1.82, 2.24) is 19.5 Å². The standard InChI is InChI=1S/C51H34N4SSi/c1-4-17-35(18-5-1)49-52-50(54-51(53-49)55-45-28-13-10-25-41(45)42-26-11-14-29-46(42)55)36-19-16-24-39(33-36)57(37-20-6-2-7-21-37,38-22-8-3-9-23-38)40-31-32-44-43-27-12-15-30-47(43)56-48(44)34-40/h1-34H. The van der Waals surface area contributed by atoms with E-state index in [2.05, 4.69) is 193 Å². The van der Waals surface area contributed by atoms with E-state index in [4.69, 9.17) is 15.0 Å². The zero-order valence-electron chi connectivity index (χ0n) is 30.8. The number of thiophene rings is 1. The number of hydrogen-bond donors (Lipinski definition) is 0. The van der Waals surface area contributed by atoms with Gasteiger partial charge in [-0.25, -0.2) is 4.98 Å². The van der Waals surface area contributed by atoms with Crippen LogP contribution in [0.25, 0.3) is 70.7 Å². The average Bonchev–Trinajstić information content (AvgIpc) is 3.83. The lowest BCUT2D eigenvalue weighted by Crippen LogP contribution is -2.74. The molecule has 0 amide bonds. The number of nitrogens with zero attached hydrogens (tertiary/aromatic N) is 4. The molecule has 0 radical (unpaired) electrons. The predicted molar refractivity (Wildman–Crippen MR) is 242 cm³/mol. The molecular formula is C51H34N4SSi. The first-order valence-electron chi connectivity index (χ1n) is 19.2. The maximum atomic E-state index is 5.34. The minimum atomic E-state index is -2.92. The van der Waals surface area contributed by atoms with Crippen LogP contribution in [0.2, 0.25) is 0 Å². The van der Waals surface area contributed by atoms with E-state index < -0.39 is 8.07 Å². The average molecular weight is 763 g/mol. The summed E-state index contributed by atoms with van der Waals surface area (Å²) in [5.41, 5.74) is 3.99. The summed E-state index contributed by atoms with van der Waals surface area (Å²) in [6.45, 7) is 0. The SMILES string of the molecule is c1ccc(-c2nc(-c3cccc([Si](c4ccccc4)(c4ccccc4)c4ccc5c(c4)sc4ccccc45)c3)nc(-n3c4ccccc4c4ccccc43)n2)cc1. The Bertz CT molecular complexity index is 3160. The van der Waals surface area contributed by atoms with Crippen LogP contribution in [0.4, 0.5) is 0 Å². The van der Waals surface area contributed by atoms with Crippen molar-refractivity contribution in [1.29, 1.82) is 0 Å². The highest BCUT2D eigenvalue weighted by atomic mass is 32.1. The Morgan fingerprint density at radius 3 is 1.51 bits per heavy atom. The van der Waals surface area contributed by atoms with Gasteiger partial charge < -0.3 is 0 Å². The number of aromatic nitrogens is 4. The predicted octanol–water partition coefficient (Wildman–Crippen LogP) is 10.0. The van der Waals surface area contributed by atoms with Crippen molar-refractivity contribution in [2.45, 2.75) is 0 Å². The molecule has 268 valence electrons. The van der Waals surface area contributed by atoms with Crippen LogP contribution in [0.3, 0.4) is 0 Å². The lowest BCUT2D eigenvalue weighted by molar-refractivity contribution is 0.953. The molecule has 0 N–H and O–H groups in total. The van der Waals surface area contributed by atoms with Crippen LogP contribution in [-0.4, -0.2) is 27.6 Å². The molecule has 0 spiro atoms. The Labute approximate surface area is 335 Å². The smallest absolute Gasteiger partial charge is 0.238 e. The highest BCUT2D eigenvalue weighted by molar-refractivity contribution is 7.26. The zero-order valence-corrected chi connectivity index (χ0v) is 32.6. The second-order valence-electron chi connectivity index (χ2n) is 14.4. The summed E-state index contributed by atoms with van der Waals surface area (Å²) in [5.74, 6) is 1.85. The molecule has 0 bridgehead atoms. The number of rotatable bonds is 7. The zero-order chi connectivity index (χ0) is 37.8. The van der Waals surface area contributed by atoms with E-state index in [1.807, 2.05) is 29.5 Å². The van der Waals surface area contributed by atoms with Gasteiger partial charge >= 0.3 is 0 Å². The van der Waals surface area contributed by atoms with E-state index in [0.29, 0.717) is 17.6 Å². The van der Waals surface area contributed by atoms with Crippen molar-refractivity contribution in [3.05, 3.63) is 206 Å². The van der Waals surface area contributed by atoms with Crippen molar-refractivity contribution in [3.63, 3.8) is 0 Å². The Morgan fingerprint density at radius 2 is 0.842 bits per heavy atom. The molecule has 0 unspecified atom stereocenters. The minimum absolute atomic E-state index is 0.589. The lowest BCUT2D eigenvalue weighted by Gasteiger charge is -2.34. The fraction of sp³-hybridized carbons (Fsp3) is 0. The Kier molecular flexibility index (Phi) is 7.98. The summed E-state index contributed by atoms with van der Waals surface area (Å²) in [7, 11) is -2.92. The van der Waals surface area contributed by atoms with E-state index in [1.54, 1.807) is 0 Å². The molecule has 3 heterocycles. The van der Waals surface area contributed by atoms with Crippen LogP contribution >= 0.6 is 11.3 Å². The van der Waals surface area contributed by atoms with Gasteiger partial charge in [0.15, 0.2) is 19.7 Å². The maximum Gasteiger partial charge on any atom is 0.238 e. The number of fused-ring (bicyclic) bond motifs is 6. The molecule has 0 atom stereocenters. The highest BCUT2D eigenvalue weighted by Gasteiger charge is 2.42. The van der Waals surface area contributed by atoms with Gasteiger partial charge in [-0.05, 0) is 45.0 Å². The summed E-state index contributed by atoms with van der Waals surface area (Å²) in [6, 6.07) is 74.4. The number of benzene rings is 8. The normalized spacial score (nSPS) is 11.9. The Hall–Kier alpha value is -6.99. The van der Waals surface area contributed by atoms with Gasteiger partial charge in [-0.15, -0.1) is 11.3 Å². The molecule has 6 heteroatoms. The summed E-state index contributed by atoms with van der Waals surface area (Å²) in [5, 5.41) is 10.2. The minimum Gasteiger partial charge on any atom is -0.278 e. The van der Waals surface area contributed by atoms with Crippen molar-refractivity contribution in [3.8, 4) is 28.7 Å². The third-order valence-corrected chi connectivity index (χ3v) is 17.1. The van der Waals surface area contributed by atoms with Crippen LogP contribution in [0, 0.1) is 0 Å². The molecule has 0 aliphatic heterocycles. The van der Waals surface area contributed by atoms with E-state index in [9.17, 15) is 0 Å². The van der Waals surface area contributed by atoms with Gasteiger partial charge in [0.1, 0.15) is 0 Å². The second kappa shape index (κ2) is 13.6. The van der Waals surface area contributed by atoms with E-state index in [-0.39, 0.29) is 0 Å². The van der Waals surface area contributed by atoms with Crippen LogP contribution in [-0.2, 0) is 0 Å². The lowest BCUT2D eigenvalue weighted by atomic mass is 10.1. The molecule has 8 aromatic carbocycles. The molecular weight excluding hydrogens is 729 g/mol. The van der Waals surface area contributed by atoms with Gasteiger partial charge in [-0.3, -0.25) is 4.57 Å². The second-order valence-corrected chi connectivity index (χ2v) is 19.3. The first-order valence-corrected chi connectivity index (χ1v) is 22.0. The van der Waals surface area contributed by atoms with Gasteiger partial charge in [0.25, 0.3) is 0 Å². The summed E-state index contributed by atoms with van der Waals surface area (Å²) < 4.78 is 4.79. The van der Waals surface area contributed by atoms with Crippen LogP contribution in [0.5, 0.6) is 0 Å². The van der Waals surface area contributed by atoms with Crippen molar-refractivity contribution < 1.29 is 0 Å². The molecule has 57 heavy (non-hydrogen) atoms. The maximum absolute atomic E-state index is 5.34. The van der Waals surface area contributed by atoms with Gasteiger partial charge in [-0.1, -0.05) is 182 Å². The van der Waals surface area contributed by atoms with Gasteiger partial charge in [-0.2, -0.15) is 9.97 Å². The Balaban J connectivity index is 1.18. The third kappa shape index (κ3) is 5.45. The molecule has 0 saturated carbocycles. The van der Waals surface area contributed by atoms with Crippen molar-refractivity contribution >= 4 is 82.1 Å². The van der Waals surface area contributed by atoms with E-state index in [0.717, 1.165) is 32.9 Å². The topological polar surface area (TPSA) is 43.6 Å². The fourth-order valence-corrected chi connectivity index (χ4v) is 14.7. The van der Waals surface area contributed by atoms with Crippen LogP contribution < -0.4 is 20.7 Å². The van der Waals surface area contributed by atoms with E-state index in [1.165, 1.54) is 40.9 Å². The summed E-state index contributed by atoms with van der Waals surface area (Å²) in [4.78, 5) is 15.8. The Morgan fingerprint density at radius 1 is 0.351 bits per heavy atom.